The summed E-state index contributed by atoms with van der Waals surface area (Å²) >= 11 is 0. The number of aromatic nitrogens is 3. The maximum Gasteiger partial charge on any atom is 0.242 e. The van der Waals surface area contributed by atoms with Crippen molar-refractivity contribution in [2.45, 2.75) is 44.6 Å². The number of nitrogens with zero attached hydrogens (tertiary/aromatic N) is 4. The average Bonchev–Trinajstić information content (AvgIpc) is 3.09. The van der Waals surface area contributed by atoms with Gasteiger partial charge in [-0.25, -0.2) is 22.4 Å². The van der Waals surface area contributed by atoms with Gasteiger partial charge in [0, 0.05) is 33.3 Å². The molecule has 1 atom stereocenters. The lowest BCUT2D eigenvalue weighted by Gasteiger charge is -2.17. The Balaban J connectivity index is 1.70. The molecule has 0 saturated carbocycles. The number of sulfonamides is 1. The minimum atomic E-state index is -3.48. The molecular weight excluding hydrogens is 442 g/mol. The summed E-state index contributed by atoms with van der Waals surface area (Å²) in [5.74, 6) is 0.432. The highest BCUT2D eigenvalue weighted by atomic mass is 32.2. The lowest BCUT2D eigenvalue weighted by Crippen LogP contribution is -2.27. The molecule has 3 aromatic rings. The fraction of sp³-hybridized carbons (Fsp3) is 0.435. The summed E-state index contributed by atoms with van der Waals surface area (Å²) in [6.45, 7) is 5.81. The van der Waals surface area contributed by atoms with E-state index in [2.05, 4.69) is 15.4 Å². The fourth-order valence-electron chi connectivity index (χ4n) is 3.88. The molecule has 9 nitrogen and oxygen atoms in total. The number of benzene rings is 1. The van der Waals surface area contributed by atoms with Gasteiger partial charge < -0.3 is 10.1 Å². The third kappa shape index (κ3) is 4.86. The molecule has 3 rings (SSSR count). The Morgan fingerprint density at radius 1 is 1.21 bits per heavy atom. The number of aryl methyl sites for hydroxylation is 3. The van der Waals surface area contributed by atoms with Crippen LogP contribution in [0.3, 0.4) is 0 Å². The third-order valence-corrected chi connectivity index (χ3v) is 7.68. The van der Waals surface area contributed by atoms with Gasteiger partial charge in [-0.1, -0.05) is 12.1 Å². The molecule has 0 spiro atoms. The second kappa shape index (κ2) is 9.48. The number of ether oxygens (including phenoxy) is 1. The summed E-state index contributed by atoms with van der Waals surface area (Å²) in [6.07, 6.45) is 0.839. The molecule has 0 aliphatic rings. The third-order valence-electron chi connectivity index (χ3n) is 5.85. The van der Waals surface area contributed by atoms with Gasteiger partial charge in [0.2, 0.25) is 21.8 Å². The van der Waals surface area contributed by atoms with E-state index in [0.29, 0.717) is 18.7 Å². The van der Waals surface area contributed by atoms with Crippen molar-refractivity contribution in [2.75, 3.05) is 21.2 Å². The molecule has 1 aromatic carbocycles. The first-order chi connectivity index (χ1) is 15.5. The number of pyridine rings is 1. The van der Waals surface area contributed by atoms with Crippen LogP contribution in [0, 0.1) is 13.8 Å². The quantitative estimate of drug-likeness (QED) is 0.539. The molecule has 2 aromatic heterocycles. The van der Waals surface area contributed by atoms with Crippen molar-refractivity contribution in [3.05, 3.63) is 46.6 Å². The van der Waals surface area contributed by atoms with Crippen LogP contribution in [0.4, 0.5) is 0 Å². The molecule has 33 heavy (non-hydrogen) atoms. The number of hydrogen-bond donors (Lipinski definition) is 1. The van der Waals surface area contributed by atoms with Crippen LogP contribution >= 0.6 is 0 Å². The van der Waals surface area contributed by atoms with Crippen LogP contribution in [0.2, 0.25) is 0 Å². The van der Waals surface area contributed by atoms with Crippen molar-refractivity contribution in [2.24, 2.45) is 7.05 Å². The topological polar surface area (TPSA) is 106 Å². The van der Waals surface area contributed by atoms with E-state index in [0.717, 1.165) is 33.4 Å². The van der Waals surface area contributed by atoms with Gasteiger partial charge in [-0.05, 0) is 56.0 Å². The second-order valence-electron chi connectivity index (χ2n) is 8.28. The molecule has 0 saturated heterocycles. The summed E-state index contributed by atoms with van der Waals surface area (Å²) in [6, 6.07) is 6.31. The summed E-state index contributed by atoms with van der Waals surface area (Å²) < 4.78 is 32.7. The zero-order valence-corrected chi connectivity index (χ0v) is 20.9. The summed E-state index contributed by atoms with van der Waals surface area (Å²) in [5, 5.41) is 8.22. The van der Waals surface area contributed by atoms with E-state index < -0.39 is 10.0 Å². The first kappa shape index (κ1) is 24.7. The SMILES string of the molecule is COc1nn(C)c2nc(C)c(CCC(=O)NC(C)c3ccc(S(=O)(=O)N(C)C)cc3)c(C)c12. The normalized spacial score (nSPS) is 12.8. The smallest absolute Gasteiger partial charge is 0.242 e. The van der Waals surface area contributed by atoms with Crippen LogP contribution in [-0.4, -0.2) is 54.6 Å². The van der Waals surface area contributed by atoms with E-state index in [1.165, 1.54) is 18.4 Å². The van der Waals surface area contributed by atoms with Crippen LogP contribution in [0.15, 0.2) is 29.2 Å². The van der Waals surface area contributed by atoms with Gasteiger partial charge in [0.15, 0.2) is 5.65 Å². The number of carbonyl (C=O) groups is 1. The van der Waals surface area contributed by atoms with Crippen molar-refractivity contribution in [1.82, 2.24) is 24.4 Å². The second-order valence-corrected chi connectivity index (χ2v) is 10.4. The van der Waals surface area contributed by atoms with Gasteiger partial charge in [0.25, 0.3) is 0 Å². The average molecular weight is 474 g/mol. The molecular formula is C23H31N5O4S. The largest absolute Gasteiger partial charge is 0.479 e. The zero-order chi connectivity index (χ0) is 24.5. The molecule has 1 unspecified atom stereocenters. The highest BCUT2D eigenvalue weighted by molar-refractivity contribution is 7.89. The predicted molar refractivity (Wildman–Crippen MR) is 127 cm³/mol. The number of carbonyl (C=O) groups excluding carboxylic acids is 1. The molecule has 0 aliphatic heterocycles. The van der Waals surface area contributed by atoms with Crippen molar-refractivity contribution in [3.8, 4) is 5.88 Å². The van der Waals surface area contributed by atoms with Gasteiger partial charge in [-0.3, -0.25) is 4.79 Å². The summed E-state index contributed by atoms with van der Waals surface area (Å²) in [5.41, 5.74) is 4.47. The van der Waals surface area contributed by atoms with E-state index in [-0.39, 0.29) is 16.8 Å². The minimum Gasteiger partial charge on any atom is -0.479 e. The minimum absolute atomic E-state index is 0.0930. The lowest BCUT2D eigenvalue weighted by molar-refractivity contribution is -0.121. The molecule has 10 heteroatoms. The van der Waals surface area contributed by atoms with Crippen molar-refractivity contribution >= 4 is 27.0 Å². The molecule has 0 radical (unpaired) electrons. The Morgan fingerprint density at radius 3 is 2.42 bits per heavy atom. The van der Waals surface area contributed by atoms with Gasteiger partial charge in [-0.15, -0.1) is 5.10 Å². The number of nitrogens with one attached hydrogen (secondary N) is 1. The highest BCUT2D eigenvalue weighted by Crippen LogP contribution is 2.30. The molecule has 1 amide bonds. The number of methoxy groups -OCH3 is 1. The fourth-order valence-corrected chi connectivity index (χ4v) is 4.78. The first-order valence-electron chi connectivity index (χ1n) is 10.7. The van der Waals surface area contributed by atoms with Crippen LogP contribution in [0.1, 0.15) is 41.8 Å². The first-order valence-corrected chi connectivity index (χ1v) is 12.1. The van der Waals surface area contributed by atoms with Crippen LogP contribution < -0.4 is 10.1 Å². The molecule has 1 N–H and O–H groups in total. The number of rotatable bonds is 8. The molecule has 0 aliphatic carbocycles. The number of fused-ring (bicyclic) bond motifs is 1. The van der Waals surface area contributed by atoms with Crippen LogP contribution in [0.25, 0.3) is 11.0 Å². The van der Waals surface area contributed by atoms with Crippen LogP contribution in [0.5, 0.6) is 5.88 Å². The lowest BCUT2D eigenvalue weighted by atomic mass is 10.00. The van der Waals surface area contributed by atoms with Gasteiger partial charge in [-0.2, -0.15) is 0 Å². The van der Waals surface area contributed by atoms with Crippen molar-refractivity contribution < 1.29 is 17.9 Å². The summed E-state index contributed by atoms with van der Waals surface area (Å²) in [4.78, 5) is 17.5. The molecule has 0 fully saturated rings. The Kier molecular flexibility index (Phi) is 7.08. The summed E-state index contributed by atoms with van der Waals surface area (Å²) in [7, 11) is 2.91. The Morgan fingerprint density at radius 2 is 1.85 bits per heavy atom. The number of hydrogen-bond acceptors (Lipinski definition) is 6. The standard InChI is InChI=1S/C23H31N5O4S/c1-14-19(16(3)25-22-21(14)23(32-7)26-28(22)6)12-13-20(29)24-15(2)17-8-10-18(11-9-17)33(30,31)27(4)5/h8-11,15H,12-13H2,1-7H3,(H,24,29). The van der Waals surface area contributed by atoms with E-state index in [9.17, 15) is 13.2 Å². The molecule has 178 valence electrons. The van der Waals surface area contributed by atoms with Crippen molar-refractivity contribution in [3.63, 3.8) is 0 Å². The monoisotopic (exact) mass is 473 g/mol. The maximum absolute atomic E-state index is 12.7. The molecule has 2 heterocycles. The van der Waals surface area contributed by atoms with E-state index >= 15 is 0 Å². The van der Waals surface area contributed by atoms with Crippen molar-refractivity contribution in [1.29, 1.82) is 0 Å². The van der Waals surface area contributed by atoms with Gasteiger partial charge in [0.1, 0.15) is 0 Å². The Bertz CT molecular complexity index is 1280. The van der Waals surface area contributed by atoms with E-state index in [1.54, 1.807) is 36.1 Å². The number of amides is 1. The van der Waals surface area contributed by atoms with Gasteiger partial charge in [0.05, 0.1) is 23.4 Å². The Hall–Kier alpha value is -2.98. The van der Waals surface area contributed by atoms with Crippen LogP contribution in [-0.2, 0) is 28.3 Å². The molecule has 0 bridgehead atoms. The maximum atomic E-state index is 12.7. The zero-order valence-electron chi connectivity index (χ0n) is 20.1. The Labute approximate surface area is 194 Å². The highest BCUT2D eigenvalue weighted by Gasteiger charge is 2.20. The van der Waals surface area contributed by atoms with E-state index in [4.69, 9.17) is 4.74 Å². The van der Waals surface area contributed by atoms with Gasteiger partial charge >= 0.3 is 0 Å². The van der Waals surface area contributed by atoms with E-state index in [1.807, 2.05) is 27.8 Å². The predicted octanol–water partition coefficient (Wildman–Crippen LogP) is 2.65.